The average Bonchev–Trinajstić information content (AvgIpc) is 2.68. The molecule has 5 nitrogen and oxygen atoms in total. The summed E-state index contributed by atoms with van der Waals surface area (Å²) in [5.74, 6) is -0.325. The minimum absolute atomic E-state index is 0.158. The van der Waals surface area contributed by atoms with Crippen LogP contribution in [-0.2, 0) is 4.79 Å². The molecule has 1 amide bonds. The number of carbonyl (C=O) groups excluding carboxylic acids is 1. The lowest BCUT2D eigenvalue weighted by atomic mass is 10.2. The minimum atomic E-state index is -0.325. The minimum Gasteiger partial charge on any atom is -0.325 e. The van der Waals surface area contributed by atoms with Gasteiger partial charge in [-0.15, -0.1) is 0 Å². The van der Waals surface area contributed by atoms with Gasteiger partial charge in [0.15, 0.2) is 0 Å². The van der Waals surface area contributed by atoms with Gasteiger partial charge < -0.3 is 5.32 Å². The summed E-state index contributed by atoms with van der Waals surface area (Å²) in [4.78, 5) is 11.3. The molecule has 20 heavy (non-hydrogen) atoms. The molecule has 0 unspecified atom stereocenters. The summed E-state index contributed by atoms with van der Waals surface area (Å²) in [7, 11) is 0. The highest BCUT2D eigenvalue weighted by atomic mass is 35.5. The number of carbonyl (C=O) groups is 1. The molecule has 2 rings (SSSR count). The van der Waals surface area contributed by atoms with E-state index in [-0.39, 0.29) is 12.3 Å². The van der Waals surface area contributed by atoms with Gasteiger partial charge in [-0.2, -0.15) is 10.4 Å². The molecule has 0 fully saturated rings. The third kappa shape index (κ3) is 2.81. The number of nitrogens with one attached hydrogen (secondary N) is 1. The molecule has 2 aromatic rings. The Morgan fingerprint density at radius 3 is 2.55 bits per heavy atom. The van der Waals surface area contributed by atoms with Gasteiger partial charge in [-0.3, -0.25) is 4.79 Å². The molecule has 0 bridgehead atoms. The van der Waals surface area contributed by atoms with Gasteiger partial charge in [0.05, 0.1) is 28.2 Å². The molecule has 0 aliphatic carbocycles. The third-order valence-corrected chi connectivity index (χ3v) is 3.39. The van der Waals surface area contributed by atoms with Crippen LogP contribution in [0, 0.1) is 25.2 Å². The van der Waals surface area contributed by atoms with Gasteiger partial charge in [-0.25, -0.2) is 4.68 Å². The number of benzene rings is 1. The van der Waals surface area contributed by atoms with Crippen molar-refractivity contribution in [3.63, 3.8) is 0 Å². The molecular weight excluding hydrogens is 276 g/mol. The molecule has 6 heteroatoms. The summed E-state index contributed by atoms with van der Waals surface area (Å²) in [6, 6.07) is 8.98. The number of aryl methyl sites for hydroxylation is 1. The number of aromatic nitrogens is 2. The molecule has 102 valence electrons. The first-order valence-electron chi connectivity index (χ1n) is 6.02. The van der Waals surface area contributed by atoms with Crippen molar-refractivity contribution in [3.05, 3.63) is 40.7 Å². The van der Waals surface area contributed by atoms with E-state index >= 15 is 0 Å². The molecule has 1 N–H and O–H groups in total. The van der Waals surface area contributed by atoms with Crippen LogP contribution in [0.1, 0.15) is 17.8 Å². The topological polar surface area (TPSA) is 70.7 Å². The summed E-state index contributed by atoms with van der Waals surface area (Å²) in [5, 5.41) is 16.1. The van der Waals surface area contributed by atoms with Crippen LogP contribution in [0.4, 0.5) is 5.69 Å². The van der Waals surface area contributed by atoms with E-state index in [0.717, 1.165) is 17.1 Å². The van der Waals surface area contributed by atoms with Crippen molar-refractivity contribution in [2.45, 2.75) is 20.3 Å². The highest BCUT2D eigenvalue weighted by molar-refractivity contribution is 6.31. The van der Waals surface area contributed by atoms with E-state index < -0.39 is 0 Å². The Morgan fingerprint density at radius 2 is 2.05 bits per heavy atom. The van der Waals surface area contributed by atoms with Crippen LogP contribution in [0.15, 0.2) is 24.3 Å². The first-order chi connectivity index (χ1) is 9.52. The Kier molecular flexibility index (Phi) is 4.06. The van der Waals surface area contributed by atoms with Crippen molar-refractivity contribution >= 4 is 23.2 Å². The van der Waals surface area contributed by atoms with Gasteiger partial charge in [0, 0.05) is 5.69 Å². The average molecular weight is 289 g/mol. The second-order valence-corrected chi connectivity index (χ2v) is 4.70. The van der Waals surface area contributed by atoms with Gasteiger partial charge in [0.1, 0.15) is 6.42 Å². The van der Waals surface area contributed by atoms with Gasteiger partial charge in [-0.1, -0.05) is 11.6 Å². The molecule has 0 atom stereocenters. The van der Waals surface area contributed by atoms with Crippen LogP contribution in [0.3, 0.4) is 0 Å². The molecule has 1 aromatic heterocycles. The second-order valence-electron chi connectivity index (χ2n) is 4.33. The van der Waals surface area contributed by atoms with Gasteiger partial charge in [-0.05, 0) is 38.1 Å². The number of nitriles is 1. The molecule has 0 aliphatic rings. The third-order valence-electron chi connectivity index (χ3n) is 2.84. The quantitative estimate of drug-likeness (QED) is 0.944. The Labute approximate surface area is 121 Å². The zero-order valence-corrected chi connectivity index (χ0v) is 11.9. The summed E-state index contributed by atoms with van der Waals surface area (Å²) >= 11 is 6.11. The van der Waals surface area contributed by atoms with Crippen LogP contribution >= 0.6 is 11.6 Å². The molecule has 0 spiro atoms. The fraction of sp³-hybridized carbons (Fsp3) is 0.214. The SMILES string of the molecule is Cc1nn(-c2ccc(NC(=O)CC#N)cc2)c(C)c1Cl. The number of nitrogens with zero attached hydrogens (tertiary/aromatic N) is 3. The van der Waals surface area contributed by atoms with Crippen molar-refractivity contribution in [2.24, 2.45) is 0 Å². The van der Waals surface area contributed by atoms with Crippen LogP contribution in [-0.4, -0.2) is 15.7 Å². The monoisotopic (exact) mass is 288 g/mol. The van der Waals surface area contributed by atoms with Crippen LogP contribution in [0.2, 0.25) is 5.02 Å². The lowest BCUT2D eigenvalue weighted by Crippen LogP contribution is -2.10. The van der Waals surface area contributed by atoms with Gasteiger partial charge in [0.2, 0.25) is 5.91 Å². The van der Waals surface area contributed by atoms with Crippen LogP contribution in [0.25, 0.3) is 5.69 Å². The molecular formula is C14H13ClN4O. The Hall–Kier alpha value is -2.32. The largest absolute Gasteiger partial charge is 0.325 e. The summed E-state index contributed by atoms with van der Waals surface area (Å²) in [6.45, 7) is 3.74. The van der Waals surface area contributed by atoms with E-state index in [1.807, 2.05) is 26.0 Å². The van der Waals surface area contributed by atoms with Crippen LogP contribution < -0.4 is 5.32 Å². The van der Waals surface area contributed by atoms with E-state index in [0.29, 0.717) is 10.7 Å². The van der Waals surface area contributed by atoms with Crippen molar-refractivity contribution in [1.29, 1.82) is 5.26 Å². The number of amides is 1. The van der Waals surface area contributed by atoms with Crippen molar-refractivity contribution in [3.8, 4) is 11.8 Å². The summed E-state index contributed by atoms with van der Waals surface area (Å²) in [6.07, 6.45) is -0.158. The lowest BCUT2D eigenvalue weighted by molar-refractivity contribution is -0.115. The predicted molar refractivity (Wildman–Crippen MR) is 76.9 cm³/mol. The van der Waals surface area contributed by atoms with E-state index in [9.17, 15) is 4.79 Å². The van der Waals surface area contributed by atoms with Gasteiger partial charge >= 0.3 is 0 Å². The highest BCUT2D eigenvalue weighted by Crippen LogP contribution is 2.23. The molecule has 1 heterocycles. The number of halogens is 1. The van der Waals surface area contributed by atoms with Crippen molar-refractivity contribution in [1.82, 2.24) is 9.78 Å². The zero-order valence-electron chi connectivity index (χ0n) is 11.1. The standard InChI is InChI=1S/C14H13ClN4O/c1-9-14(15)10(2)19(18-9)12-5-3-11(4-6-12)17-13(20)7-8-16/h3-6H,7H2,1-2H3,(H,17,20). The van der Waals surface area contributed by atoms with Gasteiger partial charge in [0.25, 0.3) is 0 Å². The van der Waals surface area contributed by atoms with Crippen molar-refractivity contribution < 1.29 is 4.79 Å². The molecule has 0 saturated heterocycles. The predicted octanol–water partition coefficient (Wildman–Crippen LogP) is 2.99. The second kappa shape index (κ2) is 5.76. The van der Waals surface area contributed by atoms with Crippen molar-refractivity contribution in [2.75, 3.05) is 5.32 Å². The number of hydrogen-bond acceptors (Lipinski definition) is 3. The normalized spacial score (nSPS) is 10.1. The van der Waals surface area contributed by atoms with E-state index in [2.05, 4.69) is 10.4 Å². The molecule has 1 aromatic carbocycles. The fourth-order valence-electron chi connectivity index (χ4n) is 1.84. The maximum absolute atomic E-state index is 11.3. The Balaban J connectivity index is 2.22. The molecule has 0 saturated carbocycles. The zero-order chi connectivity index (χ0) is 14.7. The maximum atomic E-state index is 11.3. The lowest BCUT2D eigenvalue weighted by Gasteiger charge is -2.07. The first-order valence-corrected chi connectivity index (χ1v) is 6.39. The van der Waals surface area contributed by atoms with E-state index in [4.69, 9.17) is 16.9 Å². The Morgan fingerprint density at radius 1 is 1.40 bits per heavy atom. The van der Waals surface area contributed by atoms with Crippen LogP contribution in [0.5, 0.6) is 0 Å². The number of hydrogen-bond donors (Lipinski definition) is 1. The first kappa shape index (κ1) is 14.1. The Bertz CT molecular complexity index is 682. The highest BCUT2D eigenvalue weighted by Gasteiger charge is 2.10. The molecule has 0 radical (unpaired) electrons. The molecule has 0 aliphatic heterocycles. The summed E-state index contributed by atoms with van der Waals surface area (Å²) in [5.41, 5.74) is 3.14. The fourth-order valence-corrected chi connectivity index (χ4v) is 1.96. The van der Waals surface area contributed by atoms with E-state index in [1.165, 1.54) is 0 Å². The van der Waals surface area contributed by atoms with E-state index in [1.54, 1.807) is 22.9 Å². The summed E-state index contributed by atoms with van der Waals surface area (Å²) < 4.78 is 1.75. The number of anilines is 1. The smallest absolute Gasteiger partial charge is 0.238 e. The number of rotatable bonds is 3. The maximum Gasteiger partial charge on any atom is 0.238 e.